The van der Waals surface area contributed by atoms with Gasteiger partial charge in [-0.3, -0.25) is 9.79 Å². The average Bonchev–Trinajstić information content (AvgIpc) is 3.53. The van der Waals surface area contributed by atoms with E-state index in [2.05, 4.69) is 48.5 Å². The quantitative estimate of drug-likeness (QED) is 0.0613. The second-order valence-electron chi connectivity index (χ2n) is 12.7. The first-order valence-electron chi connectivity index (χ1n) is 19.0. The summed E-state index contributed by atoms with van der Waals surface area (Å²) in [5, 5.41) is 11.9. The Labute approximate surface area is 269 Å². The molecule has 1 aliphatic heterocycles. The van der Waals surface area contributed by atoms with Crippen LogP contribution in [-0.2, 0) is 4.79 Å². The predicted octanol–water partition coefficient (Wildman–Crippen LogP) is 12.5. The maximum atomic E-state index is 10.3. The Morgan fingerprint density at radius 2 is 0.953 bits per heavy atom. The molecular weight excluding hydrogens is 528 g/mol. The monoisotopic (exact) mass is 603 g/mol. The van der Waals surface area contributed by atoms with Gasteiger partial charge in [0.2, 0.25) is 0 Å². The summed E-state index contributed by atoms with van der Waals surface area (Å²) < 4.78 is 0. The van der Waals surface area contributed by atoms with Gasteiger partial charge in [-0.05, 0) is 64.2 Å². The van der Waals surface area contributed by atoms with E-state index in [1.807, 2.05) is 0 Å². The number of aliphatic imine (C=N–C) groups is 1. The van der Waals surface area contributed by atoms with Crippen LogP contribution in [0.3, 0.4) is 0 Å². The molecule has 1 aliphatic rings. The molecule has 0 unspecified atom stereocenters. The minimum atomic E-state index is -0.664. The summed E-state index contributed by atoms with van der Waals surface area (Å²) >= 11 is 0. The highest BCUT2D eigenvalue weighted by molar-refractivity contribution is 5.83. The van der Waals surface area contributed by atoms with E-state index >= 15 is 0 Å². The van der Waals surface area contributed by atoms with Gasteiger partial charge in [0.25, 0.3) is 0 Å². The fraction of sp³-hybridized carbons (Fsp3) is 0.846. The normalized spacial score (nSPS) is 12.9. The molecular formula is C39H74N2O2. The van der Waals surface area contributed by atoms with Crippen LogP contribution < -0.4 is 5.32 Å². The van der Waals surface area contributed by atoms with Crippen molar-refractivity contribution >= 4 is 11.8 Å². The summed E-state index contributed by atoms with van der Waals surface area (Å²) in [7, 11) is 0. The van der Waals surface area contributed by atoms with Crippen molar-refractivity contribution in [3.8, 4) is 0 Å². The Kier molecular flexibility index (Phi) is 35.3. The summed E-state index contributed by atoms with van der Waals surface area (Å²) in [6, 6.07) is 0. The molecule has 252 valence electrons. The van der Waals surface area contributed by atoms with E-state index in [-0.39, 0.29) is 0 Å². The Hall–Kier alpha value is -1.58. The number of carboxylic acids is 1. The number of carbonyl (C=O) groups is 1. The Balaban J connectivity index is 0.000000830. The van der Waals surface area contributed by atoms with Crippen LogP contribution in [0, 0.1) is 0 Å². The number of amidine groups is 1. The molecule has 0 spiro atoms. The van der Waals surface area contributed by atoms with Crippen LogP contribution in [0.15, 0.2) is 29.3 Å². The van der Waals surface area contributed by atoms with Gasteiger partial charge in [-0.15, -0.1) is 0 Å². The van der Waals surface area contributed by atoms with Crippen molar-refractivity contribution in [1.29, 1.82) is 0 Å². The molecule has 0 saturated carbocycles. The lowest BCUT2D eigenvalue weighted by molar-refractivity contribution is -0.137. The van der Waals surface area contributed by atoms with Crippen molar-refractivity contribution in [2.45, 2.75) is 200 Å². The Morgan fingerprint density at radius 3 is 1.33 bits per heavy atom. The summed E-state index contributed by atoms with van der Waals surface area (Å²) in [6.07, 6.45) is 46.5. The fourth-order valence-electron chi connectivity index (χ4n) is 5.50. The van der Waals surface area contributed by atoms with Gasteiger partial charge in [0.05, 0.1) is 12.4 Å². The SMILES string of the molecule is CCCCCCCC/C=C\CCCCCCCC(=O)O.CCCCCCCC/C=C\CCCCCCCCC1=NCCN1. The minimum absolute atomic E-state index is 0.332. The fourth-order valence-corrected chi connectivity index (χ4v) is 5.50. The first-order valence-corrected chi connectivity index (χ1v) is 19.0. The molecule has 4 heteroatoms. The molecule has 0 amide bonds. The van der Waals surface area contributed by atoms with Crippen LogP contribution in [-0.4, -0.2) is 30.0 Å². The Morgan fingerprint density at radius 1 is 0.581 bits per heavy atom. The van der Waals surface area contributed by atoms with E-state index in [9.17, 15) is 4.79 Å². The minimum Gasteiger partial charge on any atom is -0.481 e. The van der Waals surface area contributed by atoms with Crippen LogP contribution in [0.2, 0.25) is 0 Å². The molecule has 0 atom stereocenters. The highest BCUT2D eigenvalue weighted by Gasteiger charge is 2.03. The number of nitrogens with one attached hydrogen (secondary N) is 1. The van der Waals surface area contributed by atoms with Gasteiger partial charge in [-0.2, -0.15) is 0 Å². The van der Waals surface area contributed by atoms with Crippen molar-refractivity contribution in [2.75, 3.05) is 13.1 Å². The molecule has 0 fully saturated rings. The van der Waals surface area contributed by atoms with Crippen molar-refractivity contribution in [3.63, 3.8) is 0 Å². The molecule has 4 nitrogen and oxygen atoms in total. The van der Waals surface area contributed by atoms with E-state index in [1.54, 1.807) is 0 Å². The summed E-state index contributed by atoms with van der Waals surface area (Å²) in [5.74, 6) is 0.586. The first-order chi connectivity index (χ1) is 21.2. The van der Waals surface area contributed by atoms with Crippen molar-refractivity contribution in [3.05, 3.63) is 24.3 Å². The zero-order valence-corrected chi connectivity index (χ0v) is 29.0. The maximum absolute atomic E-state index is 10.3. The predicted molar refractivity (Wildman–Crippen MR) is 191 cm³/mol. The van der Waals surface area contributed by atoms with Gasteiger partial charge in [0.1, 0.15) is 0 Å². The zero-order chi connectivity index (χ0) is 31.3. The second kappa shape index (κ2) is 36.6. The summed E-state index contributed by atoms with van der Waals surface area (Å²) in [6.45, 7) is 6.59. The van der Waals surface area contributed by atoms with Gasteiger partial charge >= 0.3 is 5.97 Å². The average molecular weight is 603 g/mol. The summed E-state index contributed by atoms with van der Waals surface area (Å²) in [5.41, 5.74) is 0. The van der Waals surface area contributed by atoms with Crippen LogP contribution in [0.5, 0.6) is 0 Å². The maximum Gasteiger partial charge on any atom is 0.303 e. The number of allylic oxidation sites excluding steroid dienone is 4. The smallest absolute Gasteiger partial charge is 0.303 e. The molecule has 0 saturated heterocycles. The van der Waals surface area contributed by atoms with Crippen LogP contribution in [0.1, 0.15) is 200 Å². The molecule has 0 bridgehead atoms. The van der Waals surface area contributed by atoms with E-state index in [0.717, 1.165) is 25.9 Å². The zero-order valence-electron chi connectivity index (χ0n) is 29.0. The largest absolute Gasteiger partial charge is 0.481 e. The standard InChI is InChI=1S/C21H40N2.C18H34O2/c1-2-3-4-5-6-7-8-9-10-11-12-13-14-15-16-17-18-21-22-19-20-23-21;1-2-3-4-5-6-7-8-9-10-11-12-13-14-15-16-17-18(19)20/h9-10H,2-8,11-20H2,1H3,(H,22,23);9-10H,2-8,11-17H2,1H3,(H,19,20)/b2*10-9-. The highest BCUT2D eigenvalue weighted by Crippen LogP contribution is 2.12. The van der Waals surface area contributed by atoms with E-state index in [0.29, 0.717) is 6.42 Å². The van der Waals surface area contributed by atoms with Crippen LogP contribution in [0.4, 0.5) is 0 Å². The lowest BCUT2D eigenvalue weighted by Gasteiger charge is -2.02. The number of aliphatic carboxylic acids is 1. The molecule has 0 aliphatic carbocycles. The molecule has 2 N–H and O–H groups in total. The molecule has 0 aromatic rings. The highest BCUT2D eigenvalue weighted by atomic mass is 16.4. The van der Waals surface area contributed by atoms with Crippen molar-refractivity contribution in [2.24, 2.45) is 4.99 Å². The lowest BCUT2D eigenvalue weighted by atomic mass is 10.1. The Bertz CT molecular complexity index is 656. The van der Waals surface area contributed by atoms with Crippen LogP contribution in [0.25, 0.3) is 0 Å². The van der Waals surface area contributed by atoms with Gasteiger partial charge in [0.15, 0.2) is 0 Å². The third kappa shape index (κ3) is 36.5. The topological polar surface area (TPSA) is 61.7 Å². The number of rotatable bonds is 31. The molecule has 0 radical (unpaired) electrons. The first kappa shape index (κ1) is 41.4. The van der Waals surface area contributed by atoms with Crippen molar-refractivity contribution in [1.82, 2.24) is 5.32 Å². The van der Waals surface area contributed by atoms with Gasteiger partial charge in [-0.25, -0.2) is 0 Å². The van der Waals surface area contributed by atoms with Crippen molar-refractivity contribution < 1.29 is 9.90 Å². The van der Waals surface area contributed by atoms with Gasteiger partial charge < -0.3 is 10.4 Å². The van der Waals surface area contributed by atoms with E-state index in [4.69, 9.17) is 5.11 Å². The van der Waals surface area contributed by atoms with Gasteiger partial charge in [0, 0.05) is 19.4 Å². The van der Waals surface area contributed by atoms with E-state index < -0.39 is 5.97 Å². The molecule has 0 aromatic heterocycles. The molecule has 0 aromatic carbocycles. The molecule has 43 heavy (non-hydrogen) atoms. The van der Waals surface area contributed by atoms with E-state index in [1.165, 1.54) is 173 Å². The number of carboxylic acid groups (broad SMARTS) is 1. The molecule has 1 rings (SSSR count). The van der Waals surface area contributed by atoms with Crippen LogP contribution >= 0.6 is 0 Å². The number of nitrogens with zero attached hydrogens (tertiary/aromatic N) is 1. The second-order valence-corrected chi connectivity index (χ2v) is 12.7. The lowest BCUT2D eigenvalue weighted by Crippen LogP contribution is -2.17. The number of hydrogen-bond acceptors (Lipinski definition) is 3. The third-order valence-electron chi connectivity index (χ3n) is 8.32. The summed E-state index contributed by atoms with van der Waals surface area (Å²) in [4.78, 5) is 14.8. The number of hydrogen-bond donors (Lipinski definition) is 2. The molecule has 1 heterocycles. The van der Waals surface area contributed by atoms with Gasteiger partial charge in [-0.1, -0.05) is 147 Å². The number of unbranched alkanes of at least 4 members (excludes halogenated alkanes) is 23. The third-order valence-corrected chi connectivity index (χ3v) is 8.32.